The number of amides is 2. The lowest BCUT2D eigenvalue weighted by Crippen LogP contribution is -2.42. The third kappa shape index (κ3) is 5.95. The average molecular weight is 424 g/mol. The molecule has 5 nitrogen and oxygen atoms in total. The number of carbonyl (C=O) groups excluding carboxylic acids is 2. The number of hydrogen-bond donors (Lipinski definition) is 1. The molecule has 0 bridgehead atoms. The summed E-state index contributed by atoms with van der Waals surface area (Å²) in [7, 11) is 0. The Morgan fingerprint density at radius 3 is 2.17 bits per heavy atom. The van der Waals surface area contributed by atoms with Crippen LogP contribution in [0.15, 0.2) is 48.5 Å². The van der Waals surface area contributed by atoms with Gasteiger partial charge < -0.3 is 15.0 Å². The number of benzene rings is 2. The normalized spacial score (nSPS) is 15.0. The van der Waals surface area contributed by atoms with Crippen molar-refractivity contribution in [2.45, 2.75) is 25.7 Å². The number of likely N-dealkylation sites (tertiary alicyclic amines) is 1. The quantitative estimate of drug-likeness (QED) is 0.741. The zero-order chi connectivity index (χ0) is 21.7. The van der Waals surface area contributed by atoms with Gasteiger partial charge in [-0.05, 0) is 54.8 Å². The first-order valence-corrected chi connectivity index (χ1v) is 9.38. The molecule has 0 unspecified atom stereocenters. The molecule has 0 saturated carbocycles. The molecular formula is C21H20F4N2O3. The summed E-state index contributed by atoms with van der Waals surface area (Å²) >= 11 is 0. The first-order valence-electron chi connectivity index (χ1n) is 9.38. The van der Waals surface area contributed by atoms with Crippen LogP contribution < -0.4 is 10.1 Å². The number of rotatable bonds is 5. The molecule has 3 rings (SSSR count). The molecule has 1 aliphatic heterocycles. The van der Waals surface area contributed by atoms with E-state index < -0.39 is 12.2 Å². The van der Waals surface area contributed by atoms with E-state index in [1.165, 1.54) is 48.5 Å². The van der Waals surface area contributed by atoms with Gasteiger partial charge in [-0.25, -0.2) is 4.39 Å². The third-order valence-electron chi connectivity index (χ3n) is 4.87. The molecule has 1 fully saturated rings. The number of halogens is 4. The lowest BCUT2D eigenvalue weighted by atomic mass is 9.95. The zero-order valence-electron chi connectivity index (χ0n) is 15.9. The Labute approximate surface area is 170 Å². The van der Waals surface area contributed by atoms with E-state index >= 15 is 0 Å². The van der Waals surface area contributed by atoms with Crippen LogP contribution in [0.4, 0.5) is 17.6 Å². The standard InChI is InChI=1S/C21H20F4N2O3/c22-17-5-3-16(4-6-17)20(29)27-11-9-15(10-12-27)19(28)26-13-14-1-7-18(8-2-14)30-21(23,24)25/h1-8,15H,9-13H2,(H,26,28). The maximum Gasteiger partial charge on any atom is 0.573 e. The lowest BCUT2D eigenvalue weighted by Gasteiger charge is -2.31. The van der Waals surface area contributed by atoms with E-state index in [0.29, 0.717) is 37.1 Å². The lowest BCUT2D eigenvalue weighted by molar-refractivity contribution is -0.274. The minimum atomic E-state index is -4.75. The fourth-order valence-corrected chi connectivity index (χ4v) is 3.26. The van der Waals surface area contributed by atoms with E-state index in [9.17, 15) is 27.2 Å². The third-order valence-corrected chi connectivity index (χ3v) is 4.87. The van der Waals surface area contributed by atoms with E-state index in [0.717, 1.165) is 0 Å². The van der Waals surface area contributed by atoms with Gasteiger partial charge in [0.15, 0.2) is 0 Å². The Bertz CT molecular complexity index is 875. The van der Waals surface area contributed by atoms with Crippen LogP contribution in [0.1, 0.15) is 28.8 Å². The Balaban J connectivity index is 1.45. The van der Waals surface area contributed by atoms with Crippen LogP contribution in [0.3, 0.4) is 0 Å². The van der Waals surface area contributed by atoms with Crippen LogP contribution in [0.25, 0.3) is 0 Å². The molecule has 2 aromatic carbocycles. The molecule has 0 spiro atoms. The van der Waals surface area contributed by atoms with Gasteiger partial charge in [0.1, 0.15) is 11.6 Å². The zero-order valence-corrected chi connectivity index (χ0v) is 15.9. The molecule has 1 aliphatic rings. The largest absolute Gasteiger partial charge is 0.573 e. The minimum absolute atomic E-state index is 0.167. The summed E-state index contributed by atoms with van der Waals surface area (Å²) in [5, 5.41) is 2.77. The highest BCUT2D eigenvalue weighted by molar-refractivity contribution is 5.94. The summed E-state index contributed by atoms with van der Waals surface area (Å²) in [6, 6.07) is 10.6. The smallest absolute Gasteiger partial charge is 0.406 e. The van der Waals surface area contributed by atoms with Crippen molar-refractivity contribution in [2.24, 2.45) is 5.92 Å². The van der Waals surface area contributed by atoms with Gasteiger partial charge >= 0.3 is 6.36 Å². The highest BCUT2D eigenvalue weighted by Crippen LogP contribution is 2.23. The minimum Gasteiger partial charge on any atom is -0.406 e. The molecule has 2 amide bonds. The van der Waals surface area contributed by atoms with Crippen molar-refractivity contribution >= 4 is 11.8 Å². The Morgan fingerprint density at radius 1 is 1.00 bits per heavy atom. The summed E-state index contributed by atoms with van der Waals surface area (Å²) in [6.45, 7) is 1.01. The van der Waals surface area contributed by atoms with Crippen molar-refractivity contribution in [3.8, 4) is 5.75 Å². The fourth-order valence-electron chi connectivity index (χ4n) is 3.26. The summed E-state index contributed by atoms with van der Waals surface area (Å²) in [6.07, 6.45) is -3.75. The second kappa shape index (κ2) is 9.15. The van der Waals surface area contributed by atoms with Gasteiger partial charge in [-0.15, -0.1) is 13.2 Å². The van der Waals surface area contributed by atoms with Crippen molar-refractivity contribution < 1.29 is 31.9 Å². The number of carbonyl (C=O) groups is 2. The maximum atomic E-state index is 13.0. The molecule has 1 heterocycles. The number of nitrogens with one attached hydrogen (secondary N) is 1. The Morgan fingerprint density at radius 2 is 1.60 bits per heavy atom. The Hall–Kier alpha value is -3.10. The second-order valence-corrected chi connectivity index (χ2v) is 6.98. The number of nitrogens with zero attached hydrogens (tertiary/aromatic N) is 1. The topological polar surface area (TPSA) is 58.6 Å². The van der Waals surface area contributed by atoms with Gasteiger partial charge in [0.2, 0.25) is 5.91 Å². The first-order chi connectivity index (χ1) is 14.2. The van der Waals surface area contributed by atoms with Crippen molar-refractivity contribution in [3.63, 3.8) is 0 Å². The summed E-state index contributed by atoms with van der Waals surface area (Å²) < 4.78 is 53.3. The van der Waals surface area contributed by atoms with Gasteiger partial charge in [-0.2, -0.15) is 0 Å². The van der Waals surface area contributed by atoms with Crippen molar-refractivity contribution in [2.75, 3.05) is 13.1 Å². The highest BCUT2D eigenvalue weighted by atomic mass is 19.4. The van der Waals surface area contributed by atoms with Crippen molar-refractivity contribution in [1.29, 1.82) is 0 Å². The van der Waals surface area contributed by atoms with Crippen molar-refractivity contribution in [1.82, 2.24) is 10.2 Å². The monoisotopic (exact) mass is 424 g/mol. The van der Waals surface area contributed by atoms with Crippen LogP contribution in [0.2, 0.25) is 0 Å². The summed E-state index contributed by atoms with van der Waals surface area (Å²) in [5.41, 5.74) is 1.04. The molecule has 160 valence electrons. The fraction of sp³-hybridized carbons (Fsp3) is 0.333. The van der Waals surface area contributed by atoms with Gasteiger partial charge in [0.25, 0.3) is 5.91 Å². The number of ether oxygens (including phenoxy) is 1. The van der Waals surface area contributed by atoms with Gasteiger partial charge in [0.05, 0.1) is 0 Å². The van der Waals surface area contributed by atoms with Crippen LogP contribution in [0, 0.1) is 11.7 Å². The number of hydrogen-bond acceptors (Lipinski definition) is 3. The van der Waals surface area contributed by atoms with E-state index in [1.54, 1.807) is 4.90 Å². The predicted octanol–water partition coefficient (Wildman–Crippen LogP) is 3.89. The maximum absolute atomic E-state index is 13.0. The average Bonchev–Trinajstić information content (AvgIpc) is 2.72. The summed E-state index contributed by atoms with van der Waals surface area (Å²) in [4.78, 5) is 26.5. The van der Waals surface area contributed by atoms with E-state index in [-0.39, 0.29) is 30.0 Å². The van der Waals surface area contributed by atoms with Gasteiger partial charge in [-0.1, -0.05) is 12.1 Å². The molecule has 0 aromatic heterocycles. The molecule has 0 atom stereocenters. The molecule has 1 saturated heterocycles. The Kier molecular flexibility index (Phi) is 6.59. The van der Waals surface area contributed by atoms with E-state index in [1.807, 2.05) is 0 Å². The SMILES string of the molecule is O=C(NCc1ccc(OC(F)(F)F)cc1)C1CCN(C(=O)c2ccc(F)cc2)CC1. The predicted molar refractivity (Wildman–Crippen MR) is 100.0 cm³/mol. The van der Waals surface area contributed by atoms with Crippen LogP contribution in [-0.4, -0.2) is 36.2 Å². The second-order valence-electron chi connectivity index (χ2n) is 6.98. The van der Waals surface area contributed by atoms with Gasteiger partial charge in [0, 0.05) is 31.1 Å². The van der Waals surface area contributed by atoms with Crippen molar-refractivity contribution in [3.05, 3.63) is 65.5 Å². The van der Waals surface area contributed by atoms with Crippen LogP contribution in [0.5, 0.6) is 5.75 Å². The van der Waals surface area contributed by atoms with E-state index in [2.05, 4.69) is 10.1 Å². The molecule has 1 N–H and O–H groups in total. The number of piperidine rings is 1. The van der Waals surface area contributed by atoms with Crippen LogP contribution in [-0.2, 0) is 11.3 Å². The molecule has 0 radical (unpaired) electrons. The molecule has 30 heavy (non-hydrogen) atoms. The molecular weight excluding hydrogens is 404 g/mol. The highest BCUT2D eigenvalue weighted by Gasteiger charge is 2.31. The molecule has 2 aromatic rings. The molecule has 9 heteroatoms. The van der Waals surface area contributed by atoms with Crippen LogP contribution >= 0.6 is 0 Å². The van der Waals surface area contributed by atoms with Gasteiger partial charge in [-0.3, -0.25) is 9.59 Å². The molecule has 0 aliphatic carbocycles. The first kappa shape index (κ1) is 21.6. The van der Waals surface area contributed by atoms with E-state index in [4.69, 9.17) is 0 Å². The summed E-state index contributed by atoms with van der Waals surface area (Å²) in [5.74, 6) is -1.36. The number of alkyl halides is 3.